The summed E-state index contributed by atoms with van der Waals surface area (Å²) >= 11 is 19.3. The van der Waals surface area contributed by atoms with E-state index < -0.39 is 11.6 Å². The third kappa shape index (κ3) is 7.83. The number of carbonyl (C=O) groups is 1. The third-order valence-corrected chi connectivity index (χ3v) is 8.86. The molecule has 2 atom stereocenters. The van der Waals surface area contributed by atoms with Crippen LogP contribution in [0.1, 0.15) is 34.8 Å². The Kier molecular flexibility index (Phi) is 11.0. The molecular weight excluding hydrogens is 733 g/mol. The van der Waals surface area contributed by atoms with Crippen molar-refractivity contribution in [2.45, 2.75) is 31.0 Å². The summed E-state index contributed by atoms with van der Waals surface area (Å²) < 4.78 is 14.1. The standard InChI is InChI=1S/C33H29Br2Cl2N3O4/c34-25-9-2-21(3-10-25)19-33(32(42)40-38-20-22-4-15-28(36)29(37)18-22)30(23-5-11-26(35)12-6-23)44-31(39-33)24-7-13-27(14-8-24)43-17-1-16-41/h2-15,18,30,38,41H,1,16-17,19-20H2,(H,40,42)/t30-,33-/m0/s1. The number of amides is 1. The Morgan fingerprint density at radius 2 is 1.57 bits per heavy atom. The molecule has 1 aliphatic heterocycles. The van der Waals surface area contributed by atoms with Crippen LogP contribution in [0.25, 0.3) is 0 Å². The van der Waals surface area contributed by atoms with Crippen LogP contribution in [0.2, 0.25) is 10.0 Å². The van der Waals surface area contributed by atoms with Crippen molar-refractivity contribution in [3.8, 4) is 5.75 Å². The summed E-state index contributed by atoms with van der Waals surface area (Å²) in [5.41, 5.74) is 7.83. The van der Waals surface area contributed by atoms with Gasteiger partial charge in [0.15, 0.2) is 11.6 Å². The van der Waals surface area contributed by atoms with Gasteiger partial charge in [0.2, 0.25) is 5.90 Å². The molecule has 4 aromatic carbocycles. The molecule has 0 bridgehead atoms. The van der Waals surface area contributed by atoms with Crippen molar-refractivity contribution in [1.29, 1.82) is 0 Å². The van der Waals surface area contributed by atoms with Crippen molar-refractivity contribution in [2.24, 2.45) is 4.99 Å². The van der Waals surface area contributed by atoms with Crippen molar-refractivity contribution >= 4 is 66.9 Å². The molecule has 1 amide bonds. The van der Waals surface area contributed by atoms with Gasteiger partial charge in [-0.05, 0) is 77.4 Å². The maximum Gasteiger partial charge on any atom is 0.266 e. The number of rotatable bonds is 12. The van der Waals surface area contributed by atoms with Crippen LogP contribution in [0.3, 0.4) is 0 Å². The number of aliphatic imine (C=N–C) groups is 1. The van der Waals surface area contributed by atoms with E-state index in [4.69, 9.17) is 42.8 Å². The average molecular weight is 762 g/mol. The fraction of sp³-hybridized carbons (Fsp3) is 0.212. The van der Waals surface area contributed by atoms with Gasteiger partial charge < -0.3 is 14.6 Å². The van der Waals surface area contributed by atoms with Crippen LogP contribution >= 0.6 is 55.1 Å². The lowest BCUT2D eigenvalue weighted by atomic mass is 9.82. The first-order valence-electron chi connectivity index (χ1n) is 13.8. The van der Waals surface area contributed by atoms with Crippen molar-refractivity contribution in [3.05, 3.63) is 132 Å². The number of benzene rings is 4. The second-order valence-corrected chi connectivity index (χ2v) is 12.8. The van der Waals surface area contributed by atoms with Gasteiger partial charge in [-0.15, -0.1) is 0 Å². The van der Waals surface area contributed by atoms with Gasteiger partial charge in [-0.25, -0.2) is 10.4 Å². The Balaban J connectivity index is 1.50. The summed E-state index contributed by atoms with van der Waals surface area (Å²) in [7, 11) is 0. The second-order valence-electron chi connectivity index (χ2n) is 10.2. The maximum atomic E-state index is 14.3. The minimum absolute atomic E-state index is 0.0605. The summed E-state index contributed by atoms with van der Waals surface area (Å²) in [6.45, 7) is 0.782. The summed E-state index contributed by atoms with van der Waals surface area (Å²) in [6.07, 6.45) is 0.0772. The van der Waals surface area contributed by atoms with Crippen LogP contribution < -0.4 is 15.6 Å². The first-order valence-corrected chi connectivity index (χ1v) is 16.2. The highest BCUT2D eigenvalue weighted by Crippen LogP contribution is 2.43. The Morgan fingerprint density at radius 3 is 2.23 bits per heavy atom. The van der Waals surface area contributed by atoms with E-state index in [-0.39, 0.29) is 18.9 Å². The Morgan fingerprint density at radius 1 is 0.909 bits per heavy atom. The summed E-state index contributed by atoms with van der Waals surface area (Å²) in [4.78, 5) is 19.4. The minimum Gasteiger partial charge on any atom is -0.494 e. The van der Waals surface area contributed by atoms with E-state index in [0.717, 1.165) is 25.6 Å². The fourth-order valence-electron chi connectivity index (χ4n) is 4.82. The van der Waals surface area contributed by atoms with Gasteiger partial charge in [0, 0.05) is 40.5 Å². The molecule has 0 spiro atoms. The zero-order valence-corrected chi connectivity index (χ0v) is 28.1. The van der Waals surface area contributed by atoms with Crippen molar-refractivity contribution in [3.63, 3.8) is 0 Å². The zero-order chi connectivity index (χ0) is 31.1. The highest BCUT2D eigenvalue weighted by molar-refractivity contribution is 9.10. The predicted octanol–water partition coefficient (Wildman–Crippen LogP) is 7.60. The number of carbonyl (C=O) groups excluding carboxylic acids is 1. The van der Waals surface area contributed by atoms with E-state index in [1.165, 1.54) is 0 Å². The molecule has 11 heteroatoms. The number of aliphatic hydroxyl groups excluding tert-OH is 1. The molecule has 0 aliphatic carbocycles. The lowest BCUT2D eigenvalue weighted by Crippen LogP contribution is -2.53. The molecule has 44 heavy (non-hydrogen) atoms. The molecule has 0 aromatic heterocycles. The number of nitrogens with one attached hydrogen (secondary N) is 2. The second kappa shape index (κ2) is 14.9. The molecule has 7 nitrogen and oxygen atoms in total. The molecule has 4 aromatic rings. The molecule has 5 rings (SSSR count). The molecule has 0 saturated carbocycles. The number of aliphatic hydroxyl groups is 1. The lowest BCUT2D eigenvalue weighted by Gasteiger charge is -2.31. The van der Waals surface area contributed by atoms with Gasteiger partial charge in [0.1, 0.15) is 5.75 Å². The van der Waals surface area contributed by atoms with Crippen LogP contribution in [-0.4, -0.2) is 35.7 Å². The SMILES string of the molecule is O=C(NNCc1ccc(Cl)c(Cl)c1)[C@@]1(Cc2ccc(Br)cc2)N=C(c2ccc(OCCCO)cc2)O[C@H]1c1ccc(Br)cc1. The number of ether oxygens (including phenoxy) is 2. The molecule has 1 aliphatic rings. The van der Waals surface area contributed by atoms with E-state index in [1.807, 2.05) is 78.9 Å². The largest absolute Gasteiger partial charge is 0.494 e. The van der Waals surface area contributed by atoms with Crippen LogP contribution in [0.15, 0.2) is 105 Å². The van der Waals surface area contributed by atoms with E-state index in [2.05, 4.69) is 42.7 Å². The van der Waals surface area contributed by atoms with Crippen LogP contribution in [0, 0.1) is 0 Å². The van der Waals surface area contributed by atoms with Gasteiger partial charge in [0.05, 0.1) is 16.7 Å². The average Bonchev–Trinajstić information content (AvgIpc) is 3.41. The van der Waals surface area contributed by atoms with E-state index in [1.54, 1.807) is 12.1 Å². The van der Waals surface area contributed by atoms with Crippen LogP contribution in [-0.2, 0) is 22.5 Å². The Labute approximate surface area is 282 Å². The number of halogens is 4. The first kappa shape index (κ1) is 32.5. The zero-order valence-electron chi connectivity index (χ0n) is 23.4. The molecular formula is C33H29Br2Cl2N3O4. The lowest BCUT2D eigenvalue weighted by molar-refractivity contribution is -0.130. The fourth-order valence-corrected chi connectivity index (χ4v) is 5.67. The highest BCUT2D eigenvalue weighted by Gasteiger charge is 2.53. The normalized spacial score (nSPS) is 17.6. The number of nitrogens with zero attached hydrogens (tertiary/aromatic N) is 1. The monoisotopic (exact) mass is 759 g/mol. The topological polar surface area (TPSA) is 92.2 Å². The van der Waals surface area contributed by atoms with Crippen molar-refractivity contribution in [2.75, 3.05) is 13.2 Å². The van der Waals surface area contributed by atoms with Gasteiger partial charge in [0.25, 0.3) is 5.91 Å². The minimum atomic E-state index is -1.36. The van der Waals surface area contributed by atoms with Crippen LogP contribution in [0.5, 0.6) is 5.75 Å². The smallest absolute Gasteiger partial charge is 0.266 e. The maximum absolute atomic E-state index is 14.3. The van der Waals surface area contributed by atoms with E-state index in [0.29, 0.717) is 46.8 Å². The number of hydrogen-bond acceptors (Lipinski definition) is 6. The van der Waals surface area contributed by atoms with Crippen molar-refractivity contribution < 1.29 is 19.4 Å². The summed E-state index contributed by atoms with van der Waals surface area (Å²) in [5, 5.41) is 9.94. The molecule has 0 radical (unpaired) electrons. The number of hydrazine groups is 1. The molecule has 0 fully saturated rings. The van der Waals surface area contributed by atoms with Gasteiger partial charge in [-0.1, -0.05) is 85.4 Å². The molecule has 3 N–H and O–H groups in total. The van der Waals surface area contributed by atoms with E-state index in [9.17, 15) is 4.79 Å². The molecule has 1 heterocycles. The number of hydrogen-bond donors (Lipinski definition) is 3. The summed E-state index contributed by atoms with van der Waals surface area (Å²) in [6, 6.07) is 28.1. The first-order chi connectivity index (χ1) is 21.3. The quantitative estimate of drug-likeness (QED) is 0.102. The Hall–Kier alpha value is -2.92. The Bertz CT molecular complexity index is 1620. The molecule has 0 unspecified atom stereocenters. The molecule has 0 saturated heterocycles. The summed E-state index contributed by atoms with van der Waals surface area (Å²) in [5.74, 6) is 0.652. The van der Waals surface area contributed by atoms with Crippen molar-refractivity contribution in [1.82, 2.24) is 10.9 Å². The highest BCUT2D eigenvalue weighted by atomic mass is 79.9. The van der Waals surface area contributed by atoms with Crippen LogP contribution in [0.4, 0.5) is 0 Å². The van der Waals surface area contributed by atoms with E-state index >= 15 is 0 Å². The van der Waals surface area contributed by atoms with Gasteiger partial charge >= 0.3 is 0 Å². The predicted molar refractivity (Wildman–Crippen MR) is 180 cm³/mol. The van der Waals surface area contributed by atoms with Gasteiger partial charge in [-0.3, -0.25) is 10.2 Å². The molecule has 228 valence electrons. The third-order valence-electron chi connectivity index (χ3n) is 7.07. The van der Waals surface area contributed by atoms with Gasteiger partial charge in [-0.2, -0.15) is 0 Å².